The van der Waals surface area contributed by atoms with E-state index in [-0.39, 0.29) is 11.6 Å². The number of hydrogen-bond donors (Lipinski definition) is 0. The van der Waals surface area contributed by atoms with E-state index in [1.54, 1.807) is 23.1 Å². The minimum absolute atomic E-state index is 0.0220. The van der Waals surface area contributed by atoms with Gasteiger partial charge in [0, 0.05) is 23.4 Å². The lowest BCUT2D eigenvalue weighted by Crippen LogP contribution is -2.25. The van der Waals surface area contributed by atoms with Gasteiger partial charge in [-0.1, -0.05) is 55.8 Å². The van der Waals surface area contributed by atoms with Crippen molar-refractivity contribution in [3.8, 4) is 0 Å². The van der Waals surface area contributed by atoms with Crippen LogP contribution in [0.4, 0.5) is 11.4 Å². The minimum atomic E-state index is -0.433. The fourth-order valence-corrected chi connectivity index (χ4v) is 3.87. The molecule has 0 radical (unpaired) electrons. The van der Waals surface area contributed by atoms with E-state index in [0.717, 1.165) is 34.5 Å². The van der Waals surface area contributed by atoms with Crippen LogP contribution in [0, 0.1) is 17.0 Å². The van der Waals surface area contributed by atoms with Gasteiger partial charge in [-0.25, -0.2) is 0 Å². The number of carbonyl (C=O) groups excluding carboxylic acids is 1. The van der Waals surface area contributed by atoms with Crippen LogP contribution in [0.1, 0.15) is 48.4 Å². The Labute approximate surface area is 193 Å². The van der Waals surface area contributed by atoms with Crippen LogP contribution in [0.25, 0.3) is 11.8 Å². The molecule has 166 valence electrons. The Morgan fingerprint density at radius 2 is 1.61 bits per heavy atom. The van der Waals surface area contributed by atoms with Gasteiger partial charge in [0.05, 0.1) is 10.6 Å². The number of carbonyl (C=O) groups is 1. The molecule has 1 aliphatic heterocycles. The molecule has 1 heterocycles. The molecule has 0 aliphatic carbocycles. The van der Waals surface area contributed by atoms with Crippen LogP contribution in [-0.2, 0) is 4.79 Å². The van der Waals surface area contributed by atoms with Crippen LogP contribution >= 0.6 is 0 Å². The number of nitrogens with zero attached hydrogens (tertiary/aromatic N) is 2. The second-order valence-corrected chi connectivity index (χ2v) is 8.39. The maximum Gasteiger partial charge on any atom is 0.269 e. The third-order valence-electron chi connectivity index (χ3n) is 6.09. The van der Waals surface area contributed by atoms with Gasteiger partial charge in [-0.3, -0.25) is 19.8 Å². The number of benzene rings is 3. The van der Waals surface area contributed by atoms with E-state index in [4.69, 9.17) is 0 Å². The van der Waals surface area contributed by atoms with E-state index >= 15 is 0 Å². The van der Waals surface area contributed by atoms with Crippen molar-refractivity contribution in [2.24, 2.45) is 0 Å². The van der Waals surface area contributed by atoms with E-state index in [2.05, 4.69) is 26.0 Å². The number of rotatable bonds is 6. The van der Waals surface area contributed by atoms with Gasteiger partial charge in [0.1, 0.15) is 0 Å². The second kappa shape index (κ2) is 9.25. The van der Waals surface area contributed by atoms with Gasteiger partial charge in [-0.05, 0) is 72.4 Å². The summed E-state index contributed by atoms with van der Waals surface area (Å²) in [5.74, 6) is 0.332. The number of non-ortho nitro benzene ring substituents is 1. The summed E-state index contributed by atoms with van der Waals surface area (Å²) in [6, 6.07) is 22.5. The van der Waals surface area contributed by atoms with Crippen LogP contribution in [0.15, 0.2) is 84.4 Å². The van der Waals surface area contributed by atoms with Gasteiger partial charge in [0.15, 0.2) is 0 Å². The predicted molar refractivity (Wildman–Crippen MR) is 133 cm³/mol. The molecule has 0 spiro atoms. The smallest absolute Gasteiger partial charge is 0.269 e. The first-order chi connectivity index (χ1) is 15.9. The number of hydrogen-bond acceptors (Lipinski definition) is 3. The highest BCUT2D eigenvalue weighted by Gasteiger charge is 2.30. The van der Waals surface area contributed by atoms with Crippen molar-refractivity contribution in [2.75, 3.05) is 4.90 Å². The Bertz CT molecular complexity index is 1240. The van der Waals surface area contributed by atoms with E-state index in [9.17, 15) is 14.9 Å². The van der Waals surface area contributed by atoms with Gasteiger partial charge in [-0.2, -0.15) is 0 Å². The van der Waals surface area contributed by atoms with Crippen molar-refractivity contribution >= 4 is 29.1 Å². The summed E-state index contributed by atoms with van der Waals surface area (Å²) in [6.45, 7) is 6.39. The van der Waals surface area contributed by atoms with Gasteiger partial charge in [0.2, 0.25) is 0 Å². The highest BCUT2D eigenvalue weighted by Crippen LogP contribution is 2.36. The molecule has 1 aliphatic rings. The average Bonchev–Trinajstić information content (AvgIpc) is 3.15. The predicted octanol–water partition coefficient (Wildman–Crippen LogP) is 6.89. The Morgan fingerprint density at radius 3 is 2.18 bits per heavy atom. The Morgan fingerprint density at radius 1 is 0.970 bits per heavy atom. The van der Waals surface area contributed by atoms with E-state index in [1.807, 2.05) is 49.4 Å². The quantitative estimate of drug-likeness (QED) is 0.239. The largest absolute Gasteiger partial charge is 0.276 e. The zero-order chi connectivity index (χ0) is 23.5. The van der Waals surface area contributed by atoms with Crippen LogP contribution in [0.3, 0.4) is 0 Å². The standard InChI is InChI=1S/C28H26N2O3/c1-4-20(3)22-11-15-25(16-12-22)29-27(23-9-5-19(2)6-10-23)18-24(28(29)31)17-21-7-13-26(14-8-21)30(32)33/h5-18,20H,4H2,1-3H3/b24-17+/t20-/m0/s1. The van der Waals surface area contributed by atoms with Gasteiger partial charge in [-0.15, -0.1) is 0 Å². The van der Waals surface area contributed by atoms with Crippen LogP contribution in [0.2, 0.25) is 0 Å². The highest BCUT2D eigenvalue weighted by atomic mass is 16.6. The summed E-state index contributed by atoms with van der Waals surface area (Å²) in [5.41, 5.74) is 6.25. The van der Waals surface area contributed by atoms with Gasteiger partial charge >= 0.3 is 0 Å². The minimum Gasteiger partial charge on any atom is -0.276 e. The molecule has 0 bridgehead atoms. The molecule has 5 heteroatoms. The number of anilines is 1. The van der Waals surface area contributed by atoms with Crippen molar-refractivity contribution < 1.29 is 9.72 Å². The number of aryl methyl sites for hydroxylation is 1. The van der Waals surface area contributed by atoms with Crippen LogP contribution in [-0.4, -0.2) is 10.8 Å². The van der Waals surface area contributed by atoms with Crippen LogP contribution in [0.5, 0.6) is 0 Å². The lowest BCUT2D eigenvalue weighted by molar-refractivity contribution is -0.384. The molecule has 0 N–H and O–H groups in total. The summed E-state index contributed by atoms with van der Waals surface area (Å²) < 4.78 is 0. The van der Waals surface area contributed by atoms with Crippen molar-refractivity contribution in [3.63, 3.8) is 0 Å². The Balaban J connectivity index is 1.75. The fourth-order valence-electron chi connectivity index (χ4n) is 3.87. The average molecular weight is 439 g/mol. The molecule has 0 saturated heterocycles. The Kier molecular flexibility index (Phi) is 6.22. The van der Waals surface area contributed by atoms with E-state index in [0.29, 0.717) is 11.5 Å². The molecule has 0 saturated carbocycles. The molecule has 0 unspecified atom stereocenters. The van der Waals surface area contributed by atoms with Crippen molar-refractivity contribution in [1.29, 1.82) is 0 Å². The Hall–Kier alpha value is -3.99. The normalized spacial score (nSPS) is 15.6. The topological polar surface area (TPSA) is 63.5 Å². The van der Waals surface area contributed by atoms with Crippen molar-refractivity contribution in [2.45, 2.75) is 33.1 Å². The lowest BCUT2D eigenvalue weighted by atomic mass is 9.98. The molecule has 1 atom stereocenters. The van der Waals surface area contributed by atoms with E-state index in [1.165, 1.54) is 17.7 Å². The molecule has 1 amide bonds. The molecular formula is C28H26N2O3. The summed E-state index contributed by atoms with van der Waals surface area (Å²) in [7, 11) is 0. The monoisotopic (exact) mass is 438 g/mol. The van der Waals surface area contributed by atoms with Gasteiger partial charge in [0.25, 0.3) is 11.6 Å². The zero-order valence-corrected chi connectivity index (χ0v) is 19.0. The number of amides is 1. The maximum absolute atomic E-state index is 13.5. The third kappa shape index (κ3) is 4.62. The summed E-state index contributed by atoms with van der Waals surface area (Å²) in [5, 5.41) is 10.9. The molecule has 3 aromatic rings. The maximum atomic E-state index is 13.5. The summed E-state index contributed by atoms with van der Waals surface area (Å²) in [4.78, 5) is 25.8. The highest BCUT2D eigenvalue weighted by molar-refractivity contribution is 6.23. The van der Waals surface area contributed by atoms with Crippen molar-refractivity contribution in [3.05, 3.63) is 117 Å². The second-order valence-electron chi connectivity index (χ2n) is 8.39. The molecule has 5 nitrogen and oxygen atoms in total. The van der Waals surface area contributed by atoms with Crippen LogP contribution < -0.4 is 4.90 Å². The fraction of sp³-hybridized carbons (Fsp3) is 0.179. The first-order valence-electron chi connectivity index (χ1n) is 11.1. The molecule has 4 rings (SSSR count). The number of nitro benzene ring substituents is 1. The van der Waals surface area contributed by atoms with E-state index < -0.39 is 4.92 Å². The van der Waals surface area contributed by atoms with Gasteiger partial charge < -0.3 is 0 Å². The molecular weight excluding hydrogens is 412 g/mol. The molecule has 0 aromatic heterocycles. The van der Waals surface area contributed by atoms with Crippen molar-refractivity contribution in [1.82, 2.24) is 0 Å². The summed E-state index contributed by atoms with van der Waals surface area (Å²) in [6.07, 6.45) is 4.71. The first-order valence-corrected chi connectivity index (χ1v) is 11.1. The molecule has 3 aromatic carbocycles. The SMILES string of the molecule is CC[C@H](C)c1ccc(N2C(=O)/C(=C/c3ccc([N+](=O)[O-])cc3)C=C2c2ccc(C)cc2)cc1. The summed E-state index contributed by atoms with van der Waals surface area (Å²) >= 11 is 0. The first kappa shape index (κ1) is 22.2. The number of nitro groups is 1. The molecule has 33 heavy (non-hydrogen) atoms. The molecule has 0 fully saturated rings. The lowest BCUT2D eigenvalue weighted by Gasteiger charge is -2.22. The zero-order valence-electron chi connectivity index (χ0n) is 19.0. The third-order valence-corrected chi connectivity index (χ3v) is 6.09.